The SMILES string of the molecule is C[C@@H](Cc1ccc(Cl)cc1)C(CN1CCOCC1)[C@H]1NC(=O)[C@@H](CC=O)C[C@@H]1c1cccc(Cl)c1. The first kappa shape index (κ1) is 26.2. The van der Waals surface area contributed by atoms with Gasteiger partial charge in [0.15, 0.2) is 0 Å². The second-order valence-corrected chi connectivity index (χ2v) is 10.8. The number of nitrogens with zero attached hydrogens (tertiary/aromatic N) is 1. The van der Waals surface area contributed by atoms with E-state index in [1.807, 2.05) is 30.3 Å². The lowest BCUT2D eigenvalue weighted by molar-refractivity contribution is -0.131. The van der Waals surface area contributed by atoms with E-state index < -0.39 is 0 Å². The van der Waals surface area contributed by atoms with Gasteiger partial charge in [0.25, 0.3) is 0 Å². The van der Waals surface area contributed by atoms with Gasteiger partial charge in [-0.2, -0.15) is 0 Å². The molecular weight excluding hydrogens is 483 g/mol. The molecule has 35 heavy (non-hydrogen) atoms. The molecule has 2 aliphatic heterocycles. The standard InChI is InChI=1S/C28H34Cl2N2O3/c1-19(15-20-5-7-23(29)8-6-20)26(18-32-10-13-35-14-11-32)27-25(21-3-2-4-24(30)16-21)17-22(9-12-33)28(34)31-27/h2-8,12,16,19,22,25-27H,9-11,13-15,17-18H2,1H3,(H,31,34)/t19-,22-,25+,26?,27-/m0/s1. The maximum Gasteiger partial charge on any atom is 0.223 e. The van der Waals surface area contributed by atoms with Crippen LogP contribution in [0.25, 0.3) is 0 Å². The van der Waals surface area contributed by atoms with E-state index in [9.17, 15) is 9.59 Å². The van der Waals surface area contributed by atoms with Gasteiger partial charge in [0.2, 0.25) is 5.91 Å². The number of benzene rings is 2. The molecule has 2 aromatic rings. The van der Waals surface area contributed by atoms with E-state index in [0.29, 0.717) is 17.4 Å². The molecule has 2 saturated heterocycles. The maximum absolute atomic E-state index is 13.1. The van der Waals surface area contributed by atoms with Gasteiger partial charge >= 0.3 is 0 Å². The number of carbonyl (C=O) groups excluding carboxylic acids is 2. The van der Waals surface area contributed by atoms with E-state index in [1.54, 1.807) is 0 Å². The number of hydrogen-bond donors (Lipinski definition) is 1. The normalized spacial score (nSPS) is 25.0. The van der Waals surface area contributed by atoms with E-state index in [1.165, 1.54) is 5.56 Å². The Balaban J connectivity index is 1.66. The summed E-state index contributed by atoms with van der Waals surface area (Å²) in [7, 11) is 0. The second-order valence-electron chi connectivity index (χ2n) is 9.92. The molecule has 5 atom stereocenters. The van der Waals surface area contributed by atoms with Gasteiger partial charge < -0.3 is 14.8 Å². The first-order chi connectivity index (χ1) is 16.9. The summed E-state index contributed by atoms with van der Waals surface area (Å²) in [5.74, 6) is 0.243. The third kappa shape index (κ3) is 6.85. The Morgan fingerprint density at radius 1 is 1.11 bits per heavy atom. The lowest BCUT2D eigenvalue weighted by atomic mass is 9.70. The first-order valence-electron chi connectivity index (χ1n) is 12.5. The summed E-state index contributed by atoms with van der Waals surface area (Å²) in [4.78, 5) is 26.9. The average molecular weight is 517 g/mol. The summed E-state index contributed by atoms with van der Waals surface area (Å²) < 4.78 is 5.58. The van der Waals surface area contributed by atoms with E-state index in [4.69, 9.17) is 27.9 Å². The van der Waals surface area contributed by atoms with Crippen molar-refractivity contribution >= 4 is 35.4 Å². The number of aldehydes is 1. The zero-order valence-corrected chi connectivity index (χ0v) is 21.7. The molecule has 0 aliphatic carbocycles. The first-order valence-corrected chi connectivity index (χ1v) is 13.2. The van der Waals surface area contributed by atoms with Crippen molar-refractivity contribution in [3.8, 4) is 0 Å². The van der Waals surface area contributed by atoms with Crippen LogP contribution in [-0.2, 0) is 20.7 Å². The molecule has 188 valence electrons. The van der Waals surface area contributed by atoms with Crippen molar-refractivity contribution in [2.75, 3.05) is 32.8 Å². The average Bonchev–Trinajstić information content (AvgIpc) is 2.86. The predicted octanol–water partition coefficient (Wildman–Crippen LogP) is 5.00. The fourth-order valence-electron chi connectivity index (χ4n) is 5.62. The Morgan fingerprint density at radius 3 is 2.54 bits per heavy atom. The van der Waals surface area contributed by atoms with Gasteiger partial charge in [-0.15, -0.1) is 0 Å². The minimum absolute atomic E-state index is 0.0222. The Kier molecular flexibility index (Phi) is 9.23. The molecule has 1 unspecified atom stereocenters. The van der Waals surface area contributed by atoms with Crippen molar-refractivity contribution in [3.05, 3.63) is 69.7 Å². The van der Waals surface area contributed by atoms with Crippen molar-refractivity contribution in [3.63, 3.8) is 0 Å². The molecule has 2 aromatic carbocycles. The highest BCUT2D eigenvalue weighted by Gasteiger charge is 2.42. The minimum atomic E-state index is -0.316. The van der Waals surface area contributed by atoms with Gasteiger partial charge in [0, 0.05) is 54.0 Å². The topological polar surface area (TPSA) is 58.6 Å². The van der Waals surface area contributed by atoms with Gasteiger partial charge in [-0.1, -0.05) is 54.4 Å². The van der Waals surface area contributed by atoms with E-state index in [-0.39, 0.29) is 36.1 Å². The Hall–Kier alpha value is -1.92. The molecule has 4 rings (SSSR count). The summed E-state index contributed by atoms with van der Waals surface area (Å²) in [6.45, 7) is 6.39. The summed E-state index contributed by atoms with van der Waals surface area (Å²) in [5.41, 5.74) is 2.35. The van der Waals surface area contributed by atoms with Crippen LogP contribution in [0.5, 0.6) is 0 Å². The second kappa shape index (κ2) is 12.4. The predicted molar refractivity (Wildman–Crippen MR) is 140 cm³/mol. The number of carbonyl (C=O) groups is 2. The smallest absolute Gasteiger partial charge is 0.223 e. The zero-order valence-electron chi connectivity index (χ0n) is 20.2. The molecule has 1 amide bonds. The van der Waals surface area contributed by atoms with Crippen LogP contribution in [0.2, 0.25) is 10.0 Å². The largest absolute Gasteiger partial charge is 0.379 e. The molecular formula is C28H34Cl2N2O3. The fourth-order valence-corrected chi connectivity index (χ4v) is 5.95. The van der Waals surface area contributed by atoms with Crippen LogP contribution < -0.4 is 5.32 Å². The zero-order chi connectivity index (χ0) is 24.8. The molecule has 2 heterocycles. The van der Waals surface area contributed by atoms with Crippen molar-refractivity contribution in [2.45, 2.75) is 38.1 Å². The molecule has 0 spiro atoms. The number of morpholine rings is 1. The molecule has 0 bridgehead atoms. The van der Waals surface area contributed by atoms with E-state index in [2.05, 4.69) is 35.3 Å². The summed E-state index contributed by atoms with van der Waals surface area (Å²) >= 11 is 12.5. The minimum Gasteiger partial charge on any atom is -0.379 e. The van der Waals surface area contributed by atoms with E-state index >= 15 is 0 Å². The molecule has 1 N–H and O–H groups in total. The van der Waals surface area contributed by atoms with Gasteiger partial charge in [-0.3, -0.25) is 9.69 Å². The number of amides is 1. The highest BCUT2D eigenvalue weighted by molar-refractivity contribution is 6.30. The number of halogens is 2. The van der Waals surface area contributed by atoms with Crippen molar-refractivity contribution < 1.29 is 14.3 Å². The van der Waals surface area contributed by atoms with Crippen molar-refractivity contribution in [1.82, 2.24) is 10.2 Å². The quantitative estimate of drug-likeness (QED) is 0.476. The molecule has 2 aliphatic rings. The van der Waals surface area contributed by atoms with Gasteiger partial charge in [0.05, 0.1) is 13.2 Å². The highest BCUT2D eigenvalue weighted by Crippen LogP contribution is 2.39. The molecule has 0 aromatic heterocycles. The Bertz CT molecular complexity index is 994. The number of ether oxygens (including phenoxy) is 1. The monoisotopic (exact) mass is 516 g/mol. The lowest BCUT2D eigenvalue weighted by Crippen LogP contribution is -2.56. The number of piperidine rings is 1. The third-order valence-corrected chi connectivity index (χ3v) is 8.03. The van der Waals surface area contributed by atoms with Crippen LogP contribution in [0.15, 0.2) is 48.5 Å². The fraction of sp³-hybridized carbons (Fsp3) is 0.500. The Labute approximate surface area is 218 Å². The van der Waals surface area contributed by atoms with E-state index in [0.717, 1.165) is 56.1 Å². The van der Waals surface area contributed by atoms with Crippen molar-refractivity contribution in [1.29, 1.82) is 0 Å². The third-order valence-electron chi connectivity index (χ3n) is 7.55. The molecule has 5 nitrogen and oxygen atoms in total. The summed E-state index contributed by atoms with van der Waals surface area (Å²) in [5, 5.41) is 4.78. The van der Waals surface area contributed by atoms with Gasteiger partial charge in [-0.25, -0.2) is 0 Å². The molecule has 0 saturated carbocycles. The number of rotatable bonds is 9. The molecule has 7 heteroatoms. The highest BCUT2D eigenvalue weighted by atomic mass is 35.5. The molecule has 2 fully saturated rings. The molecule has 0 radical (unpaired) electrons. The maximum atomic E-state index is 13.1. The van der Waals surface area contributed by atoms with Crippen LogP contribution in [0.3, 0.4) is 0 Å². The number of nitrogens with one attached hydrogen (secondary N) is 1. The van der Waals surface area contributed by atoms with Crippen molar-refractivity contribution in [2.24, 2.45) is 17.8 Å². The summed E-state index contributed by atoms with van der Waals surface area (Å²) in [6.07, 6.45) is 2.62. The van der Waals surface area contributed by atoms with Crippen LogP contribution >= 0.6 is 23.2 Å². The van der Waals surface area contributed by atoms with Crippen LogP contribution in [-0.4, -0.2) is 56.0 Å². The lowest BCUT2D eigenvalue weighted by Gasteiger charge is -2.45. The van der Waals surface area contributed by atoms with Gasteiger partial charge in [0.1, 0.15) is 6.29 Å². The Morgan fingerprint density at radius 2 is 1.86 bits per heavy atom. The van der Waals surface area contributed by atoms with Gasteiger partial charge in [-0.05, 0) is 60.1 Å². The van der Waals surface area contributed by atoms with Crippen LogP contribution in [0.1, 0.15) is 36.8 Å². The number of hydrogen-bond acceptors (Lipinski definition) is 4. The van der Waals surface area contributed by atoms with Crippen LogP contribution in [0.4, 0.5) is 0 Å². The van der Waals surface area contributed by atoms with Crippen LogP contribution in [0, 0.1) is 17.8 Å². The summed E-state index contributed by atoms with van der Waals surface area (Å²) in [6, 6.07) is 15.9.